The van der Waals surface area contributed by atoms with E-state index in [1.165, 1.54) is 0 Å². The molecule has 1 heterocycles. The molecule has 0 atom stereocenters. The largest absolute Gasteiger partial charge is 0.470 e. The fourth-order valence-corrected chi connectivity index (χ4v) is 2.97. The smallest absolute Gasteiger partial charge is 0.239 e. The van der Waals surface area contributed by atoms with Crippen molar-refractivity contribution in [1.82, 2.24) is 4.98 Å². The third kappa shape index (κ3) is 3.09. The second kappa shape index (κ2) is 4.79. The first-order valence-electron chi connectivity index (χ1n) is 7.64. The van der Waals surface area contributed by atoms with Gasteiger partial charge in [-0.25, -0.2) is 0 Å². The maximum atomic E-state index is 5.94. The molecule has 2 rings (SSSR count). The summed E-state index contributed by atoms with van der Waals surface area (Å²) >= 11 is 0. The minimum Gasteiger partial charge on any atom is -0.470 e. The van der Waals surface area contributed by atoms with E-state index in [0.29, 0.717) is 28.3 Å². The Morgan fingerprint density at radius 3 is 2.24 bits per heavy atom. The van der Waals surface area contributed by atoms with Crippen LogP contribution in [-0.4, -0.2) is 17.1 Å². The number of nitrogen functional groups attached to an aromatic ring is 1. The Bertz CT molecular complexity index is 515. The van der Waals surface area contributed by atoms with E-state index in [2.05, 4.69) is 38.0 Å². The van der Waals surface area contributed by atoms with Gasteiger partial charge in [-0.1, -0.05) is 27.7 Å². The van der Waals surface area contributed by atoms with Crippen LogP contribution >= 0.6 is 0 Å². The van der Waals surface area contributed by atoms with Gasteiger partial charge in [-0.05, 0) is 49.7 Å². The van der Waals surface area contributed by atoms with Crippen LogP contribution in [0.5, 0.6) is 5.88 Å². The SMILES string of the molecule is CC(C)(C)Oc1nc(NCC2C(C)(C)C2(C)C)ccc1N. The lowest BCUT2D eigenvalue weighted by molar-refractivity contribution is 0.125. The molecule has 0 bridgehead atoms. The van der Waals surface area contributed by atoms with Crippen molar-refractivity contribution in [2.24, 2.45) is 16.7 Å². The Balaban J connectivity index is 2.04. The summed E-state index contributed by atoms with van der Waals surface area (Å²) in [5, 5.41) is 3.42. The Morgan fingerprint density at radius 2 is 1.76 bits per heavy atom. The Hall–Kier alpha value is -1.45. The molecule has 0 radical (unpaired) electrons. The van der Waals surface area contributed by atoms with Crippen LogP contribution in [0, 0.1) is 16.7 Å². The lowest BCUT2D eigenvalue weighted by atomic mass is 10.0. The summed E-state index contributed by atoms with van der Waals surface area (Å²) in [6.07, 6.45) is 0. The lowest BCUT2D eigenvalue weighted by Crippen LogP contribution is -2.24. The summed E-state index contributed by atoms with van der Waals surface area (Å²) in [6, 6.07) is 3.76. The fourth-order valence-electron chi connectivity index (χ4n) is 2.97. The third-order valence-electron chi connectivity index (χ3n) is 5.10. The van der Waals surface area contributed by atoms with Gasteiger partial charge in [0.2, 0.25) is 5.88 Å². The second-order valence-electron chi connectivity index (χ2n) is 8.18. The van der Waals surface area contributed by atoms with Crippen LogP contribution in [0.1, 0.15) is 48.5 Å². The number of pyridine rings is 1. The van der Waals surface area contributed by atoms with Crippen molar-refractivity contribution in [1.29, 1.82) is 0 Å². The normalized spacial score (nSPS) is 20.1. The number of hydrogen-bond acceptors (Lipinski definition) is 4. The van der Waals surface area contributed by atoms with Crippen LogP contribution in [0.15, 0.2) is 12.1 Å². The Kier molecular flexibility index (Phi) is 3.63. The highest BCUT2D eigenvalue weighted by Gasteiger charge is 2.64. The molecule has 0 saturated heterocycles. The molecule has 21 heavy (non-hydrogen) atoms. The maximum absolute atomic E-state index is 5.94. The molecule has 0 unspecified atom stereocenters. The number of ether oxygens (including phenoxy) is 1. The topological polar surface area (TPSA) is 60.2 Å². The molecular weight excluding hydrogens is 262 g/mol. The van der Waals surface area contributed by atoms with Crippen molar-refractivity contribution in [2.45, 2.75) is 54.1 Å². The molecule has 1 fully saturated rings. The molecule has 1 aromatic rings. The zero-order chi connectivity index (χ0) is 16.1. The van der Waals surface area contributed by atoms with Gasteiger partial charge in [-0.2, -0.15) is 4.98 Å². The van der Waals surface area contributed by atoms with E-state index in [9.17, 15) is 0 Å². The molecular formula is C17H29N3O. The number of aromatic nitrogens is 1. The predicted octanol–water partition coefficient (Wildman–Crippen LogP) is 3.94. The standard InChI is InChI=1S/C17H29N3O/c1-15(2,3)21-14-11(18)8-9-13(20-14)19-10-12-16(4,5)17(12,6)7/h8-9,12H,10,18H2,1-7H3,(H,19,20). The van der Waals surface area contributed by atoms with Gasteiger partial charge >= 0.3 is 0 Å². The predicted molar refractivity (Wildman–Crippen MR) is 88.6 cm³/mol. The molecule has 1 aliphatic rings. The average molecular weight is 291 g/mol. The monoisotopic (exact) mass is 291 g/mol. The van der Waals surface area contributed by atoms with Crippen molar-refractivity contribution in [3.8, 4) is 5.88 Å². The third-order valence-corrected chi connectivity index (χ3v) is 5.10. The molecule has 1 saturated carbocycles. The Morgan fingerprint density at radius 1 is 1.19 bits per heavy atom. The van der Waals surface area contributed by atoms with Gasteiger partial charge in [0.1, 0.15) is 11.4 Å². The van der Waals surface area contributed by atoms with Gasteiger partial charge in [0.15, 0.2) is 0 Å². The molecule has 3 N–H and O–H groups in total. The molecule has 1 aliphatic carbocycles. The fraction of sp³-hybridized carbons (Fsp3) is 0.706. The minimum atomic E-state index is -0.305. The van der Waals surface area contributed by atoms with Crippen molar-refractivity contribution in [2.75, 3.05) is 17.6 Å². The summed E-state index contributed by atoms with van der Waals surface area (Å²) < 4.78 is 5.80. The van der Waals surface area contributed by atoms with E-state index < -0.39 is 0 Å². The molecule has 1 aromatic heterocycles. The first-order chi connectivity index (χ1) is 9.45. The van der Waals surface area contributed by atoms with Crippen LogP contribution in [-0.2, 0) is 0 Å². The quantitative estimate of drug-likeness (QED) is 0.882. The van der Waals surface area contributed by atoms with Crippen LogP contribution in [0.25, 0.3) is 0 Å². The summed E-state index contributed by atoms with van der Waals surface area (Å²) in [5.74, 6) is 1.97. The zero-order valence-electron chi connectivity index (χ0n) is 14.4. The lowest BCUT2D eigenvalue weighted by Gasteiger charge is -2.21. The van der Waals surface area contributed by atoms with E-state index in [4.69, 9.17) is 10.5 Å². The second-order valence-corrected chi connectivity index (χ2v) is 8.18. The van der Waals surface area contributed by atoms with E-state index >= 15 is 0 Å². The van der Waals surface area contributed by atoms with Crippen LogP contribution < -0.4 is 15.8 Å². The first kappa shape index (κ1) is 15.9. The molecule has 0 spiro atoms. The van der Waals surface area contributed by atoms with Gasteiger partial charge < -0.3 is 15.8 Å². The van der Waals surface area contributed by atoms with Crippen LogP contribution in [0.3, 0.4) is 0 Å². The first-order valence-corrected chi connectivity index (χ1v) is 7.64. The van der Waals surface area contributed by atoms with Gasteiger partial charge in [0, 0.05) is 6.54 Å². The number of hydrogen-bond donors (Lipinski definition) is 2. The van der Waals surface area contributed by atoms with Crippen molar-refractivity contribution < 1.29 is 4.74 Å². The number of nitrogens with one attached hydrogen (secondary N) is 1. The highest BCUT2D eigenvalue weighted by atomic mass is 16.5. The molecule has 4 heteroatoms. The molecule has 0 aliphatic heterocycles. The summed E-state index contributed by atoms with van der Waals surface area (Å²) in [4.78, 5) is 4.49. The Labute approximate surface area is 128 Å². The van der Waals surface area contributed by atoms with Crippen LogP contribution in [0.4, 0.5) is 11.5 Å². The van der Waals surface area contributed by atoms with Crippen molar-refractivity contribution >= 4 is 11.5 Å². The number of rotatable bonds is 4. The average Bonchev–Trinajstić information content (AvgIpc) is 2.69. The van der Waals surface area contributed by atoms with Gasteiger partial charge in [0.25, 0.3) is 0 Å². The number of anilines is 2. The van der Waals surface area contributed by atoms with E-state index in [1.807, 2.05) is 32.9 Å². The molecule has 118 valence electrons. The van der Waals surface area contributed by atoms with Crippen molar-refractivity contribution in [3.63, 3.8) is 0 Å². The van der Waals surface area contributed by atoms with E-state index in [1.54, 1.807) is 0 Å². The highest BCUT2D eigenvalue weighted by molar-refractivity contribution is 5.54. The molecule has 0 aromatic carbocycles. The molecule has 0 amide bonds. The van der Waals surface area contributed by atoms with E-state index in [-0.39, 0.29) is 5.60 Å². The minimum absolute atomic E-state index is 0.305. The summed E-state index contributed by atoms with van der Waals surface area (Å²) in [6.45, 7) is 16.2. The zero-order valence-corrected chi connectivity index (χ0v) is 14.4. The summed E-state index contributed by atoms with van der Waals surface area (Å²) in [5.41, 5.74) is 6.95. The highest BCUT2D eigenvalue weighted by Crippen LogP contribution is 2.68. The van der Waals surface area contributed by atoms with Gasteiger partial charge in [0.05, 0.1) is 5.69 Å². The number of nitrogens with zero attached hydrogens (tertiary/aromatic N) is 1. The van der Waals surface area contributed by atoms with E-state index in [0.717, 1.165) is 12.4 Å². The van der Waals surface area contributed by atoms with Crippen LogP contribution in [0.2, 0.25) is 0 Å². The maximum Gasteiger partial charge on any atom is 0.239 e. The van der Waals surface area contributed by atoms with Gasteiger partial charge in [-0.15, -0.1) is 0 Å². The van der Waals surface area contributed by atoms with Crippen molar-refractivity contribution in [3.05, 3.63) is 12.1 Å². The number of nitrogens with two attached hydrogens (primary N) is 1. The molecule has 4 nitrogen and oxygen atoms in total. The summed E-state index contributed by atoms with van der Waals surface area (Å²) in [7, 11) is 0. The van der Waals surface area contributed by atoms with Gasteiger partial charge in [-0.3, -0.25) is 0 Å².